The first-order valence-corrected chi connectivity index (χ1v) is 11.1. The lowest BCUT2D eigenvalue weighted by Gasteiger charge is -2.18. The van der Waals surface area contributed by atoms with Crippen LogP contribution in [0.15, 0.2) is 94.8 Å². The average Bonchev–Trinajstić information content (AvgIpc) is 2.98. The normalized spacial score (nSPS) is 15.8. The first kappa shape index (κ1) is 19.8. The number of non-ortho nitro benzene ring substituents is 1. The van der Waals surface area contributed by atoms with Gasteiger partial charge in [-0.05, 0) is 34.5 Å². The van der Waals surface area contributed by atoms with Crippen LogP contribution in [0.1, 0.15) is 22.8 Å². The highest BCUT2D eigenvalue weighted by atomic mass is 35.5. The van der Waals surface area contributed by atoms with Crippen LogP contribution in [0, 0.1) is 10.1 Å². The number of aliphatic imine (C=N–C) groups is 1. The van der Waals surface area contributed by atoms with Gasteiger partial charge in [-0.1, -0.05) is 66.2 Å². The van der Waals surface area contributed by atoms with Crippen molar-refractivity contribution in [2.45, 2.75) is 16.6 Å². The number of para-hydroxylation sites is 1. The number of hydrogen-bond donors (Lipinski definition) is 0. The molecule has 4 aromatic rings. The Labute approximate surface area is 188 Å². The first-order valence-electron chi connectivity index (χ1n) is 9.85. The van der Waals surface area contributed by atoms with Crippen molar-refractivity contribution in [3.8, 4) is 0 Å². The van der Waals surface area contributed by atoms with Crippen LogP contribution in [0.3, 0.4) is 0 Å². The highest BCUT2D eigenvalue weighted by Gasteiger charge is 2.26. The van der Waals surface area contributed by atoms with Crippen molar-refractivity contribution in [2.24, 2.45) is 4.99 Å². The van der Waals surface area contributed by atoms with Gasteiger partial charge in [0, 0.05) is 39.3 Å². The number of fused-ring (bicyclic) bond motifs is 2. The summed E-state index contributed by atoms with van der Waals surface area (Å²) in [7, 11) is 0. The van der Waals surface area contributed by atoms with E-state index in [1.54, 1.807) is 23.9 Å². The summed E-state index contributed by atoms with van der Waals surface area (Å²) in [5, 5.41) is 14.1. The van der Waals surface area contributed by atoms with Crippen LogP contribution in [0.25, 0.3) is 10.8 Å². The molecule has 0 N–H and O–H groups in total. The van der Waals surface area contributed by atoms with Crippen molar-refractivity contribution in [2.75, 3.05) is 0 Å². The van der Waals surface area contributed by atoms with Gasteiger partial charge < -0.3 is 0 Å². The van der Waals surface area contributed by atoms with E-state index in [9.17, 15) is 10.1 Å². The van der Waals surface area contributed by atoms with Gasteiger partial charge in [-0.3, -0.25) is 15.1 Å². The summed E-state index contributed by atoms with van der Waals surface area (Å²) in [5.41, 5.74) is 3.72. The zero-order chi connectivity index (χ0) is 21.4. The van der Waals surface area contributed by atoms with Crippen LogP contribution in [0.4, 0.5) is 11.4 Å². The molecule has 0 saturated carbocycles. The highest BCUT2D eigenvalue weighted by molar-refractivity contribution is 7.99. The molecule has 0 bridgehead atoms. The lowest BCUT2D eigenvalue weighted by atomic mass is 9.96. The SMILES string of the molecule is O=[N+]([O-])c1ccc(Cl)c(C2CC(c3cccc4ccccc34)=Nc3ccccc3S2)c1. The second-order valence-corrected chi connectivity index (χ2v) is 8.98. The van der Waals surface area contributed by atoms with Crippen LogP contribution in [0.5, 0.6) is 0 Å². The van der Waals surface area contributed by atoms with Crippen molar-refractivity contribution in [3.63, 3.8) is 0 Å². The Morgan fingerprint density at radius 3 is 2.61 bits per heavy atom. The molecule has 5 rings (SSSR count). The Hall–Kier alpha value is -3.15. The maximum Gasteiger partial charge on any atom is 0.269 e. The molecule has 152 valence electrons. The smallest absolute Gasteiger partial charge is 0.258 e. The molecule has 0 radical (unpaired) electrons. The third kappa shape index (κ3) is 3.82. The molecule has 1 unspecified atom stereocenters. The number of benzene rings is 4. The van der Waals surface area contributed by atoms with Crippen molar-refractivity contribution in [3.05, 3.63) is 111 Å². The maximum atomic E-state index is 11.4. The summed E-state index contributed by atoms with van der Waals surface area (Å²) in [6, 6.07) is 27.1. The van der Waals surface area contributed by atoms with E-state index >= 15 is 0 Å². The van der Waals surface area contributed by atoms with Gasteiger partial charge in [0.05, 0.1) is 16.3 Å². The maximum absolute atomic E-state index is 11.4. The molecule has 0 aliphatic carbocycles. The lowest BCUT2D eigenvalue weighted by molar-refractivity contribution is -0.384. The molecule has 0 amide bonds. The molecule has 0 fully saturated rings. The van der Waals surface area contributed by atoms with Gasteiger partial charge in [0.15, 0.2) is 0 Å². The third-order valence-electron chi connectivity index (χ3n) is 5.41. The number of rotatable bonds is 3. The fourth-order valence-electron chi connectivity index (χ4n) is 3.92. The monoisotopic (exact) mass is 444 g/mol. The fraction of sp³-hybridized carbons (Fsp3) is 0.0800. The summed E-state index contributed by atoms with van der Waals surface area (Å²) in [6.07, 6.45) is 0.605. The molecule has 31 heavy (non-hydrogen) atoms. The Morgan fingerprint density at radius 2 is 1.74 bits per heavy atom. The van der Waals surface area contributed by atoms with Crippen LogP contribution < -0.4 is 0 Å². The number of nitro groups is 1. The predicted octanol–water partition coefficient (Wildman–Crippen LogP) is 7.76. The van der Waals surface area contributed by atoms with E-state index in [1.807, 2.05) is 42.5 Å². The van der Waals surface area contributed by atoms with E-state index in [1.165, 1.54) is 6.07 Å². The Balaban J connectivity index is 1.68. The molecule has 1 atom stereocenters. The van der Waals surface area contributed by atoms with Gasteiger partial charge in [-0.2, -0.15) is 0 Å². The minimum atomic E-state index is -0.380. The topological polar surface area (TPSA) is 55.5 Å². The Bertz CT molecular complexity index is 1350. The van der Waals surface area contributed by atoms with Gasteiger partial charge in [0.2, 0.25) is 0 Å². The minimum Gasteiger partial charge on any atom is -0.258 e. The number of nitrogens with zero attached hydrogens (tertiary/aromatic N) is 2. The van der Waals surface area contributed by atoms with Crippen molar-refractivity contribution in [1.29, 1.82) is 0 Å². The largest absolute Gasteiger partial charge is 0.269 e. The van der Waals surface area contributed by atoms with E-state index in [2.05, 4.69) is 24.3 Å². The third-order valence-corrected chi connectivity index (χ3v) is 7.05. The van der Waals surface area contributed by atoms with E-state index in [-0.39, 0.29) is 15.9 Å². The molecule has 0 saturated heterocycles. The van der Waals surface area contributed by atoms with E-state index in [0.717, 1.165) is 38.2 Å². The number of thioether (sulfide) groups is 1. The van der Waals surface area contributed by atoms with E-state index < -0.39 is 0 Å². The number of nitro benzene ring substituents is 1. The molecule has 1 aliphatic rings. The zero-order valence-corrected chi connectivity index (χ0v) is 17.9. The highest BCUT2D eigenvalue weighted by Crippen LogP contribution is 2.48. The molecule has 0 aromatic heterocycles. The van der Waals surface area contributed by atoms with Gasteiger partial charge in [-0.15, -0.1) is 11.8 Å². The summed E-state index contributed by atoms with van der Waals surface area (Å²) in [4.78, 5) is 17.1. The Morgan fingerprint density at radius 1 is 0.968 bits per heavy atom. The van der Waals surface area contributed by atoms with E-state index in [4.69, 9.17) is 16.6 Å². The second kappa shape index (κ2) is 8.17. The summed E-state index contributed by atoms with van der Waals surface area (Å²) in [6.45, 7) is 0. The van der Waals surface area contributed by atoms with Crippen molar-refractivity contribution < 1.29 is 4.92 Å². The van der Waals surface area contributed by atoms with Crippen LogP contribution in [0.2, 0.25) is 5.02 Å². The molecule has 0 spiro atoms. The second-order valence-electron chi connectivity index (χ2n) is 7.33. The van der Waals surface area contributed by atoms with E-state index in [0.29, 0.717) is 11.4 Å². The van der Waals surface area contributed by atoms with Crippen molar-refractivity contribution in [1.82, 2.24) is 0 Å². The fourth-order valence-corrected chi connectivity index (χ4v) is 5.50. The molecular weight excluding hydrogens is 428 g/mol. The Kier molecular flexibility index (Phi) is 5.22. The number of halogens is 1. The molecule has 1 heterocycles. The lowest BCUT2D eigenvalue weighted by Crippen LogP contribution is -2.07. The quantitative estimate of drug-likeness (QED) is 0.239. The summed E-state index contributed by atoms with van der Waals surface area (Å²) >= 11 is 8.18. The number of hydrogen-bond acceptors (Lipinski definition) is 4. The van der Waals surface area contributed by atoms with Gasteiger partial charge >= 0.3 is 0 Å². The predicted molar refractivity (Wildman–Crippen MR) is 128 cm³/mol. The minimum absolute atomic E-state index is 0.0428. The molecule has 4 aromatic carbocycles. The summed E-state index contributed by atoms with van der Waals surface area (Å²) < 4.78 is 0. The van der Waals surface area contributed by atoms with Crippen LogP contribution in [-0.4, -0.2) is 10.6 Å². The molecule has 4 nitrogen and oxygen atoms in total. The molecule has 6 heteroatoms. The van der Waals surface area contributed by atoms with Gasteiger partial charge in [0.25, 0.3) is 5.69 Å². The average molecular weight is 445 g/mol. The zero-order valence-electron chi connectivity index (χ0n) is 16.4. The van der Waals surface area contributed by atoms with Crippen LogP contribution in [-0.2, 0) is 0 Å². The first-order chi connectivity index (χ1) is 15.1. The van der Waals surface area contributed by atoms with Gasteiger partial charge in [0.1, 0.15) is 0 Å². The van der Waals surface area contributed by atoms with Gasteiger partial charge in [-0.25, -0.2) is 0 Å². The van der Waals surface area contributed by atoms with Crippen LogP contribution >= 0.6 is 23.4 Å². The molecule has 1 aliphatic heterocycles. The molecular formula is C25H17ClN2O2S. The summed E-state index contributed by atoms with van der Waals surface area (Å²) in [5.74, 6) is 0. The standard InChI is InChI=1S/C25H17ClN2O2S/c26-21-13-12-17(28(29)30)14-20(21)25-15-23(27-22-10-3-4-11-24(22)31-25)19-9-5-7-16-6-1-2-8-18(16)19/h1-14,25H,15H2. The van der Waals surface area contributed by atoms with Crippen molar-refractivity contribution >= 4 is 51.2 Å².